The molecule has 0 spiro atoms. The molecule has 47 heavy (non-hydrogen) atoms. The highest BCUT2D eigenvalue weighted by molar-refractivity contribution is 7.99. The van der Waals surface area contributed by atoms with Crippen LogP contribution in [0.15, 0.2) is 30.0 Å². The number of fused-ring (bicyclic) bond motifs is 8. The van der Waals surface area contributed by atoms with Crippen LogP contribution < -0.4 is 4.90 Å². The predicted octanol–water partition coefficient (Wildman–Crippen LogP) is 3.75. The second-order valence-corrected chi connectivity index (χ2v) is 16.8. The van der Waals surface area contributed by atoms with E-state index >= 15 is 0 Å². The van der Waals surface area contributed by atoms with E-state index in [1.54, 1.807) is 6.07 Å². The van der Waals surface area contributed by atoms with Gasteiger partial charge >= 0.3 is 0 Å². The van der Waals surface area contributed by atoms with Gasteiger partial charge in [0.25, 0.3) is 0 Å². The Labute approximate surface area is 281 Å². The molecule has 10 heteroatoms. The van der Waals surface area contributed by atoms with Gasteiger partial charge in [-0.25, -0.2) is 9.07 Å². The first-order valence-electron chi connectivity index (χ1n) is 17.8. The number of allylic oxidation sites excluding steroid dienone is 1. The van der Waals surface area contributed by atoms with Crippen molar-refractivity contribution in [2.75, 3.05) is 31.2 Å². The predicted molar refractivity (Wildman–Crippen MR) is 178 cm³/mol. The molecule has 1 aromatic carbocycles. The summed E-state index contributed by atoms with van der Waals surface area (Å²) in [6.45, 7) is 8.71. The fraction of sp³-hybridized carbons (Fsp3) is 0.676. The van der Waals surface area contributed by atoms with Crippen LogP contribution in [0.2, 0.25) is 0 Å². The number of carbonyl (C=O) groups excluding carboxylic acids is 1. The Morgan fingerprint density at radius 1 is 1.26 bits per heavy atom. The summed E-state index contributed by atoms with van der Waals surface area (Å²) in [6, 6.07) is 5.39. The van der Waals surface area contributed by atoms with Crippen molar-refractivity contribution >= 4 is 23.6 Å². The maximum atomic E-state index is 15.0. The number of hydrogen-bond acceptors (Lipinski definition) is 7. The summed E-state index contributed by atoms with van der Waals surface area (Å²) in [4.78, 5) is 15.0. The Morgan fingerprint density at radius 2 is 2.06 bits per heavy atom. The van der Waals surface area contributed by atoms with Gasteiger partial charge in [-0.15, -0.1) is 0 Å². The summed E-state index contributed by atoms with van der Waals surface area (Å²) in [7, 11) is 0. The molecule has 2 aromatic rings. The van der Waals surface area contributed by atoms with Crippen molar-refractivity contribution in [3.8, 4) is 5.69 Å². The molecule has 254 valence electrons. The summed E-state index contributed by atoms with van der Waals surface area (Å²) in [6.07, 6.45) is 8.07. The number of aliphatic hydroxyl groups excluding tert-OH is 2. The Bertz CT molecular complexity index is 1590. The summed E-state index contributed by atoms with van der Waals surface area (Å²) in [5.74, 6) is 2.13. The molecule has 0 unspecified atom stereocenters. The highest BCUT2D eigenvalue weighted by Gasteiger charge is 2.75. The molecule has 4 aliphatic carbocycles. The van der Waals surface area contributed by atoms with Gasteiger partial charge in [0.05, 0.1) is 42.9 Å². The molecule has 0 radical (unpaired) electrons. The molecule has 6 aliphatic rings. The van der Waals surface area contributed by atoms with E-state index in [0.717, 1.165) is 72.8 Å². The Hall–Kier alpha value is -2.08. The van der Waals surface area contributed by atoms with Crippen LogP contribution in [0.5, 0.6) is 0 Å². The van der Waals surface area contributed by atoms with Gasteiger partial charge in [-0.2, -0.15) is 16.9 Å². The molecule has 8 nitrogen and oxygen atoms in total. The highest BCUT2D eigenvalue weighted by atomic mass is 32.2. The van der Waals surface area contributed by atoms with Crippen LogP contribution >= 0.6 is 11.8 Å². The number of ketones is 1. The Morgan fingerprint density at radius 3 is 2.83 bits per heavy atom. The molecule has 0 amide bonds. The number of carbonyl (C=O) groups is 1. The number of quaternary nitrogens is 1. The monoisotopic (exact) mass is 666 g/mol. The van der Waals surface area contributed by atoms with Gasteiger partial charge < -0.3 is 24.6 Å². The van der Waals surface area contributed by atoms with Crippen molar-refractivity contribution < 1.29 is 33.8 Å². The third kappa shape index (κ3) is 4.72. The van der Waals surface area contributed by atoms with Gasteiger partial charge in [-0.05, 0) is 91.5 Å². The molecule has 8 rings (SSSR count). The molecule has 1 aromatic heterocycles. The summed E-state index contributed by atoms with van der Waals surface area (Å²) < 4.78 is 29.9. The van der Waals surface area contributed by atoms with Crippen LogP contribution in [-0.2, 0) is 27.2 Å². The smallest absolute Gasteiger partial charge is 0.193 e. The lowest BCUT2D eigenvalue weighted by Crippen LogP contribution is -3.12. The van der Waals surface area contributed by atoms with Crippen LogP contribution in [0.1, 0.15) is 76.1 Å². The van der Waals surface area contributed by atoms with Gasteiger partial charge in [0, 0.05) is 22.5 Å². The highest BCUT2D eigenvalue weighted by Crippen LogP contribution is 2.70. The van der Waals surface area contributed by atoms with Crippen molar-refractivity contribution in [3.05, 3.63) is 52.6 Å². The number of benzene rings is 1. The quantitative estimate of drug-likeness (QED) is 0.415. The molecule has 5 fully saturated rings. The van der Waals surface area contributed by atoms with E-state index in [-0.39, 0.29) is 34.8 Å². The second-order valence-electron chi connectivity index (χ2n) is 15.6. The van der Waals surface area contributed by atoms with E-state index in [1.165, 1.54) is 10.5 Å². The van der Waals surface area contributed by atoms with Crippen molar-refractivity contribution in [3.63, 3.8) is 0 Å². The zero-order valence-electron chi connectivity index (χ0n) is 27.8. The van der Waals surface area contributed by atoms with Crippen molar-refractivity contribution in [2.24, 2.45) is 28.6 Å². The molecular formula is C37H49FN3O5S+. The minimum absolute atomic E-state index is 0.0201. The molecule has 3 N–H and O–H groups in total. The van der Waals surface area contributed by atoms with E-state index in [0.29, 0.717) is 25.8 Å². The normalized spacial score (nSPS) is 39.4. The first-order valence-corrected chi connectivity index (χ1v) is 18.9. The summed E-state index contributed by atoms with van der Waals surface area (Å²) in [5.41, 5.74) is 3.05. The SMILES string of the molecule is CCC[C@@H]1O[C@@H]2C[C@H]3[C@@H]4CCC5=Cc6c(cnn6-c6ccc(F)c(C[NH+]7CCSCC7)c6)C[C@]5(C)[C@H]4[C@@H](O)C[C@]3(C)[C@]2(C(=O)CO)O1. The number of thioether (sulfide) groups is 1. The topological polar surface area (TPSA) is 98.2 Å². The first-order chi connectivity index (χ1) is 22.6. The van der Waals surface area contributed by atoms with Crippen molar-refractivity contribution in [1.29, 1.82) is 0 Å². The second kappa shape index (κ2) is 11.8. The number of nitrogens with zero attached hydrogens (tertiary/aromatic N) is 2. The zero-order valence-corrected chi connectivity index (χ0v) is 28.7. The largest absolute Gasteiger partial charge is 0.393 e. The standard InChI is InChI=1S/C37H48FN3O5S/c1-4-5-33-45-32-16-27-26-8-6-24-15-29-23(17-35(24,2)34(26)30(43)18-36(27,3)37(32,46-33)31(44)21-42)19-39-41(29)25-7-9-28(38)22(14-25)20-40-10-12-47-13-11-40/h7,9,14-15,19,26-27,30,32-34,42-43H,4-6,8,10-13,16-18,20-21H2,1-3H3/p+1/t26-,27-,30-,32+,33+,34+,35-,36-,37+/m0/s1. The van der Waals surface area contributed by atoms with Gasteiger partial charge in [0.1, 0.15) is 19.0 Å². The summed E-state index contributed by atoms with van der Waals surface area (Å²) >= 11 is 1.97. The number of halogens is 1. The van der Waals surface area contributed by atoms with E-state index < -0.39 is 36.1 Å². The van der Waals surface area contributed by atoms with Gasteiger partial charge in [0.15, 0.2) is 17.7 Å². The van der Waals surface area contributed by atoms with Crippen LogP contribution in [-0.4, -0.2) is 81.1 Å². The molecule has 2 saturated heterocycles. The van der Waals surface area contributed by atoms with Crippen LogP contribution in [0.4, 0.5) is 4.39 Å². The fourth-order valence-corrected chi connectivity index (χ4v) is 12.2. The van der Waals surface area contributed by atoms with Crippen LogP contribution in [0, 0.1) is 34.4 Å². The molecule has 3 heterocycles. The number of rotatable bonds is 7. The number of Topliss-reactive ketones (excluding diaryl/α,β-unsaturated/α-hetero) is 1. The van der Waals surface area contributed by atoms with E-state index in [9.17, 15) is 19.4 Å². The molecule has 3 saturated carbocycles. The zero-order chi connectivity index (χ0) is 32.7. The molecular weight excluding hydrogens is 617 g/mol. The maximum absolute atomic E-state index is 15.0. The third-order valence-electron chi connectivity index (χ3n) is 13.2. The van der Waals surface area contributed by atoms with Crippen molar-refractivity contribution in [2.45, 2.75) is 96.4 Å². The average molecular weight is 667 g/mol. The lowest BCUT2D eigenvalue weighted by atomic mass is 9.45. The Balaban J connectivity index is 1.09. The Kier molecular flexibility index (Phi) is 8.05. The van der Waals surface area contributed by atoms with Crippen LogP contribution in [0.3, 0.4) is 0 Å². The van der Waals surface area contributed by atoms with E-state index in [1.807, 2.05) is 34.8 Å². The van der Waals surface area contributed by atoms with E-state index in [4.69, 9.17) is 14.6 Å². The number of aromatic nitrogens is 2. The van der Waals surface area contributed by atoms with Crippen molar-refractivity contribution in [1.82, 2.24) is 9.78 Å². The first kappa shape index (κ1) is 32.1. The van der Waals surface area contributed by atoms with E-state index in [2.05, 4.69) is 26.8 Å². The molecule has 2 aliphatic heterocycles. The minimum Gasteiger partial charge on any atom is -0.393 e. The maximum Gasteiger partial charge on any atom is 0.193 e. The number of hydrogen-bond donors (Lipinski definition) is 3. The lowest BCUT2D eigenvalue weighted by molar-refractivity contribution is -0.910. The number of ether oxygens (including phenoxy) is 2. The molecule has 0 bridgehead atoms. The number of nitrogens with one attached hydrogen (secondary N) is 1. The van der Waals surface area contributed by atoms with Gasteiger partial charge in [-0.3, -0.25) is 4.79 Å². The molecule has 9 atom stereocenters. The summed E-state index contributed by atoms with van der Waals surface area (Å²) in [5, 5.41) is 27.1. The lowest BCUT2D eigenvalue weighted by Gasteiger charge is -2.60. The van der Waals surface area contributed by atoms with Gasteiger partial charge in [-0.1, -0.05) is 32.8 Å². The van der Waals surface area contributed by atoms with Gasteiger partial charge in [0.2, 0.25) is 0 Å². The fourth-order valence-electron chi connectivity index (χ4n) is 11.1. The average Bonchev–Trinajstić information content (AvgIpc) is 3.70. The minimum atomic E-state index is -1.22. The number of aliphatic hydroxyl groups is 2. The third-order valence-corrected chi connectivity index (χ3v) is 14.2. The van der Waals surface area contributed by atoms with Crippen LogP contribution in [0.25, 0.3) is 11.8 Å².